The number of aromatic nitrogens is 1. The zero-order chi connectivity index (χ0) is 14.4. The quantitative estimate of drug-likeness (QED) is 0.788. The van der Waals surface area contributed by atoms with Gasteiger partial charge in [-0.1, -0.05) is 17.7 Å². The molecule has 2 aromatic rings. The molecule has 0 atom stereocenters. The molecule has 0 spiro atoms. The fourth-order valence-electron chi connectivity index (χ4n) is 1.97. The fourth-order valence-corrected chi connectivity index (χ4v) is 1.97. The van der Waals surface area contributed by atoms with E-state index in [1.54, 1.807) is 0 Å². The van der Waals surface area contributed by atoms with Gasteiger partial charge in [0.2, 0.25) is 0 Å². The monoisotopic (exact) mass is 271 g/mol. The van der Waals surface area contributed by atoms with Crippen LogP contribution in [-0.2, 0) is 13.6 Å². The molecule has 0 aliphatic heterocycles. The summed E-state index contributed by atoms with van der Waals surface area (Å²) in [7, 11) is 2.01. The molecule has 4 heteroatoms. The smallest absolute Gasteiger partial charge is 0.251 e. The van der Waals surface area contributed by atoms with Crippen LogP contribution in [0, 0.1) is 6.92 Å². The summed E-state index contributed by atoms with van der Waals surface area (Å²) in [5.74, 6) is -0.0217. The van der Waals surface area contributed by atoms with Gasteiger partial charge in [-0.15, -0.1) is 0 Å². The van der Waals surface area contributed by atoms with Crippen LogP contribution in [0.4, 0.5) is 0 Å². The molecule has 0 aliphatic rings. The lowest BCUT2D eigenvalue weighted by atomic mass is 10.1. The molecular weight excluding hydrogens is 250 g/mol. The van der Waals surface area contributed by atoms with Crippen molar-refractivity contribution < 1.29 is 4.79 Å². The predicted octanol–water partition coefficient (Wildman–Crippen LogP) is 1.85. The lowest BCUT2D eigenvalue weighted by molar-refractivity contribution is 0.0954. The van der Waals surface area contributed by atoms with E-state index in [-0.39, 0.29) is 5.91 Å². The van der Waals surface area contributed by atoms with Crippen LogP contribution in [0.1, 0.15) is 21.5 Å². The Bertz CT molecular complexity index is 557. The number of rotatable bonds is 6. The molecule has 20 heavy (non-hydrogen) atoms. The third-order valence-corrected chi connectivity index (χ3v) is 3.12. The molecule has 0 radical (unpaired) electrons. The van der Waals surface area contributed by atoms with Crippen molar-refractivity contribution in [3.63, 3.8) is 0 Å². The van der Waals surface area contributed by atoms with Crippen molar-refractivity contribution in [3.05, 3.63) is 59.4 Å². The summed E-state index contributed by atoms with van der Waals surface area (Å²) in [5, 5.41) is 6.21. The predicted molar refractivity (Wildman–Crippen MR) is 80.6 cm³/mol. The summed E-state index contributed by atoms with van der Waals surface area (Å²) in [5.41, 5.74) is 3.11. The number of aryl methyl sites for hydroxylation is 2. The topological polar surface area (TPSA) is 46.1 Å². The third-order valence-electron chi connectivity index (χ3n) is 3.12. The average molecular weight is 271 g/mol. The van der Waals surface area contributed by atoms with Gasteiger partial charge in [-0.2, -0.15) is 0 Å². The lowest BCUT2D eigenvalue weighted by Gasteiger charge is -2.06. The molecule has 1 aromatic heterocycles. The summed E-state index contributed by atoms with van der Waals surface area (Å²) < 4.78 is 2.02. The maximum atomic E-state index is 11.9. The molecule has 0 saturated carbocycles. The Labute approximate surface area is 119 Å². The maximum absolute atomic E-state index is 11.9. The molecule has 2 rings (SSSR count). The zero-order valence-electron chi connectivity index (χ0n) is 12.0. The number of carbonyl (C=O) groups excluding carboxylic acids is 1. The first-order chi connectivity index (χ1) is 9.65. The second-order valence-electron chi connectivity index (χ2n) is 4.98. The highest BCUT2D eigenvalue weighted by atomic mass is 16.1. The van der Waals surface area contributed by atoms with Crippen LogP contribution in [0.25, 0.3) is 0 Å². The Hall–Kier alpha value is -2.07. The summed E-state index contributed by atoms with van der Waals surface area (Å²) >= 11 is 0. The Kier molecular flexibility index (Phi) is 4.96. The number of benzene rings is 1. The van der Waals surface area contributed by atoms with Gasteiger partial charge < -0.3 is 15.2 Å². The number of hydrogen-bond acceptors (Lipinski definition) is 2. The molecule has 0 aliphatic carbocycles. The minimum atomic E-state index is -0.0217. The van der Waals surface area contributed by atoms with Gasteiger partial charge in [-0.05, 0) is 30.7 Å². The van der Waals surface area contributed by atoms with Crippen LogP contribution < -0.4 is 10.6 Å². The molecule has 1 amide bonds. The van der Waals surface area contributed by atoms with Gasteiger partial charge in [0.25, 0.3) is 5.91 Å². The summed E-state index contributed by atoms with van der Waals surface area (Å²) in [6, 6.07) is 9.67. The molecule has 1 heterocycles. The largest absolute Gasteiger partial charge is 0.357 e. The van der Waals surface area contributed by atoms with Crippen molar-refractivity contribution in [1.29, 1.82) is 0 Å². The van der Waals surface area contributed by atoms with Gasteiger partial charge in [0, 0.05) is 44.6 Å². The molecule has 0 unspecified atom stereocenters. The normalized spacial score (nSPS) is 10.5. The molecule has 0 bridgehead atoms. The van der Waals surface area contributed by atoms with E-state index in [0.29, 0.717) is 12.1 Å². The van der Waals surface area contributed by atoms with E-state index in [4.69, 9.17) is 0 Å². The zero-order valence-corrected chi connectivity index (χ0v) is 12.0. The number of nitrogens with zero attached hydrogens (tertiary/aromatic N) is 1. The number of carbonyl (C=O) groups is 1. The summed E-state index contributed by atoms with van der Waals surface area (Å²) in [6.07, 6.45) is 4.11. The van der Waals surface area contributed by atoms with Crippen molar-refractivity contribution in [2.24, 2.45) is 7.05 Å². The molecule has 0 fully saturated rings. The second kappa shape index (κ2) is 6.91. The molecule has 2 N–H and O–H groups in total. The summed E-state index contributed by atoms with van der Waals surface area (Å²) in [6.45, 7) is 4.21. The van der Waals surface area contributed by atoms with Gasteiger partial charge in [0.05, 0.1) is 0 Å². The Morgan fingerprint density at radius 1 is 1.15 bits per heavy atom. The molecule has 4 nitrogen and oxygen atoms in total. The maximum Gasteiger partial charge on any atom is 0.251 e. The first kappa shape index (κ1) is 14.3. The van der Waals surface area contributed by atoms with Crippen LogP contribution in [0.15, 0.2) is 42.7 Å². The summed E-state index contributed by atoms with van der Waals surface area (Å²) in [4.78, 5) is 11.9. The third kappa shape index (κ3) is 4.24. The SMILES string of the molecule is Cc1ccc(C(=O)NCCNCc2ccn(C)c2)cc1. The van der Waals surface area contributed by atoms with Gasteiger partial charge >= 0.3 is 0 Å². The molecule has 1 aromatic carbocycles. The minimum absolute atomic E-state index is 0.0217. The van der Waals surface area contributed by atoms with E-state index in [1.165, 1.54) is 5.56 Å². The number of nitrogens with one attached hydrogen (secondary N) is 2. The molecule has 0 saturated heterocycles. The highest BCUT2D eigenvalue weighted by Gasteiger charge is 2.03. The minimum Gasteiger partial charge on any atom is -0.357 e. The van der Waals surface area contributed by atoms with Gasteiger partial charge in [-0.3, -0.25) is 4.79 Å². The number of hydrogen-bond donors (Lipinski definition) is 2. The van der Waals surface area contributed by atoms with Crippen LogP contribution in [-0.4, -0.2) is 23.6 Å². The highest BCUT2D eigenvalue weighted by Crippen LogP contribution is 2.02. The fraction of sp³-hybridized carbons (Fsp3) is 0.312. The Balaban J connectivity index is 1.65. The Morgan fingerprint density at radius 3 is 2.55 bits per heavy atom. The van der Waals surface area contributed by atoms with Crippen LogP contribution in [0.2, 0.25) is 0 Å². The second-order valence-corrected chi connectivity index (χ2v) is 4.98. The lowest BCUT2D eigenvalue weighted by Crippen LogP contribution is -2.31. The van der Waals surface area contributed by atoms with E-state index in [2.05, 4.69) is 22.9 Å². The van der Waals surface area contributed by atoms with Crippen molar-refractivity contribution in [3.8, 4) is 0 Å². The van der Waals surface area contributed by atoms with Gasteiger partial charge in [-0.25, -0.2) is 0 Å². The van der Waals surface area contributed by atoms with Crippen LogP contribution >= 0.6 is 0 Å². The standard InChI is InChI=1S/C16H21N3O/c1-13-3-5-15(6-4-13)16(20)18-9-8-17-11-14-7-10-19(2)12-14/h3-7,10,12,17H,8-9,11H2,1-2H3,(H,18,20). The van der Waals surface area contributed by atoms with E-state index in [9.17, 15) is 4.79 Å². The van der Waals surface area contributed by atoms with E-state index >= 15 is 0 Å². The molecular formula is C16H21N3O. The van der Waals surface area contributed by atoms with E-state index in [1.807, 2.05) is 49.0 Å². The number of amides is 1. The highest BCUT2D eigenvalue weighted by molar-refractivity contribution is 5.94. The van der Waals surface area contributed by atoms with Crippen LogP contribution in [0.5, 0.6) is 0 Å². The Morgan fingerprint density at radius 2 is 1.90 bits per heavy atom. The van der Waals surface area contributed by atoms with Gasteiger partial charge in [0.1, 0.15) is 0 Å². The van der Waals surface area contributed by atoms with Crippen molar-refractivity contribution in [2.75, 3.05) is 13.1 Å². The van der Waals surface area contributed by atoms with Gasteiger partial charge in [0.15, 0.2) is 0 Å². The molecule has 106 valence electrons. The average Bonchev–Trinajstić information content (AvgIpc) is 2.84. The van der Waals surface area contributed by atoms with Crippen molar-refractivity contribution in [2.45, 2.75) is 13.5 Å². The van der Waals surface area contributed by atoms with Crippen LogP contribution in [0.3, 0.4) is 0 Å². The first-order valence-electron chi connectivity index (χ1n) is 6.81. The van der Waals surface area contributed by atoms with E-state index in [0.717, 1.165) is 18.7 Å². The van der Waals surface area contributed by atoms with Crippen molar-refractivity contribution >= 4 is 5.91 Å². The first-order valence-corrected chi connectivity index (χ1v) is 6.81. The van der Waals surface area contributed by atoms with E-state index < -0.39 is 0 Å². The van der Waals surface area contributed by atoms with Crippen molar-refractivity contribution in [1.82, 2.24) is 15.2 Å².